The second-order valence-electron chi connectivity index (χ2n) is 3.93. The first-order chi connectivity index (χ1) is 9.30. The van der Waals surface area contributed by atoms with Crippen molar-refractivity contribution in [2.24, 2.45) is 0 Å². The fourth-order valence-corrected chi connectivity index (χ4v) is 4.22. The van der Waals surface area contributed by atoms with Crippen molar-refractivity contribution in [1.82, 2.24) is 0 Å². The molecule has 0 aliphatic heterocycles. The third kappa shape index (κ3) is 6.84. The molecule has 0 saturated heterocycles. The van der Waals surface area contributed by atoms with E-state index in [1.165, 1.54) is 12.1 Å². The summed E-state index contributed by atoms with van der Waals surface area (Å²) in [4.78, 5) is 35.0. The number of rotatable bonds is 6. The van der Waals surface area contributed by atoms with E-state index in [2.05, 4.69) is 13.1 Å². The van der Waals surface area contributed by atoms with Crippen LogP contribution in [0.4, 0.5) is 0 Å². The second kappa shape index (κ2) is 6.30. The van der Waals surface area contributed by atoms with Crippen LogP contribution in [0.15, 0.2) is 18.2 Å². The lowest BCUT2D eigenvalue weighted by molar-refractivity contribution is 0.207. The Morgan fingerprint density at radius 3 is 1.90 bits per heavy atom. The Hall–Kier alpha value is -0.530. The molecule has 0 fully saturated rings. The van der Waals surface area contributed by atoms with Gasteiger partial charge in [-0.05, 0) is 37.1 Å². The van der Waals surface area contributed by atoms with Crippen LogP contribution in [0.3, 0.4) is 0 Å². The Labute approximate surface area is 119 Å². The van der Waals surface area contributed by atoms with Crippen LogP contribution in [-0.2, 0) is 22.3 Å². The van der Waals surface area contributed by atoms with E-state index in [4.69, 9.17) is 14.7 Å². The fraction of sp³-hybridized carbons (Fsp3) is 0.250. The first kappa shape index (κ1) is 18.5. The molecule has 0 aliphatic carbocycles. The van der Waals surface area contributed by atoms with Crippen molar-refractivity contribution in [3.05, 3.63) is 29.3 Å². The molecular formula is C8H13O10P3. The topological polar surface area (TPSA) is 160 Å². The monoisotopic (exact) mass is 362 g/mol. The zero-order valence-corrected chi connectivity index (χ0v) is 13.5. The van der Waals surface area contributed by atoms with Gasteiger partial charge in [0.2, 0.25) is 0 Å². The van der Waals surface area contributed by atoms with Gasteiger partial charge < -0.3 is 19.2 Å². The maximum atomic E-state index is 11.5. The number of aryl methyl sites for hydroxylation is 2. The number of benzene rings is 1. The number of phosphoric ester groups is 1. The molecule has 0 saturated carbocycles. The maximum Gasteiger partial charge on any atom is 0.536 e. The van der Waals surface area contributed by atoms with Crippen LogP contribution in [0.25, 0.3) is 0 Å². The molecule has 120 valence electrons. The van der Waals surface area contributed by atoms with Gasteiger partial charge in [0, 0.05) is 0 Å². The van der Waals surface area contributed by atoms with E-state index in [9.17, 15) is 18.6 Å². The number of phosphoric acid groups is 3. The molecule has 2 atom stereocenters. The number of hydrogen-bond acceptors (Lipinski definition) is 6. The van der Waals surface area contributed by atoms with Crippen LogP contribution < -0.4 is 4.52 Å². The highest BCUT2D eigenvalue weighted by Gasteiger charge is 2.41. The molecule has 0 aliphatic rings. The molecule has 1 aromatic carbocycles. The smallest absolute Gasteiger partial charge is 0.404 e. The van der Waals surface area contributed by atoms with E-state index in [0.29, 0.717) is 5.56 Å². The largest absolute Gasteiger partial charge is 0.536 e. The van der Waals surface area contributed by atoms with Crippen LogP contribution >= 0.6 is 23.5 Å². The van der Waals surface area contributed by atoms with Crippen LogP contribution in [0.5, 0.6) is 5.75 Å². The van der Waals surface area contributed by atoms with E-state index in [-0.39, 0.29) is 5.75 Å². The van der Waals surface area contributed by atoms with Gasteiger partial charge in [-0.1, -0.05) is 6.07 Å². The Balaban J connectivity index is 2.86. The van der Waals surface area contributed by atoms with Gasteiger partial charge in [0.1, 0.15) is 5.75 Å². The third-order valence-corrected chi connectivity index (χ3v) is 5.88. The summed E-state index contributed by atoms with van der Waals surface area (Å²) in [6.07, 6.45) is 0. The lowest BCUT2D eigenvalue weighted by atomic mass is 10.1. The summed E-state index contributed by atoms with van der Waals surface area (Å²) in [6, 6.07) is 4.24. The summed E-state index contributed by atoms with van der Waals surface area (Å²) in [5.74, 6) is -0.139. The van der Waals surface area contributed by atoms with E-state index < -0.39 is 23.5 Å². The van der Waals surface area contributed by atoms with E-state index in [0.717, 1.165) is 5.56 Å². The summed E-state index contributed by atoms with van der Waals surface area (Å²) in [5, 5.41) is 0. The van der Waals surface area contributed by atoms with Crippen molar-refractivity contribution in [2.75, 3.05) is 0 Å². The highest BCUT2D eigenvalue weighted by atomic mass is 31.3. The molecule has 1 rings (SSSR count). The van der Waals surface area contributed by atoms with Crippen molar-refractivity contribution in [3.8, 4) is 5.75 Å². The molecule has 1 aromatic rings. The Morgan fingerprint density at radius 1 is 0.857 bits per heavy atom. The average molecular weight is 362 g/mol. The van der Waals surface area contributed by atoms with Crippen molar-refractivity contribution in [1.29, 1.82) is 0 Å². The summed E-state index contributed by atoms with van der Waals surface area (Å²) < 4.78 is 44.8. The summed E-state index contributed by atoms with van der Waals surface area (Å²) in [6.45, 7) is 3.48. The molecule has 0 heterocycles. The van der Waals surface area contributed by atoms with Gasteiger partial charge in [0.15, 0.2) is 0 Å². The molecule has 21 heavy (non-hydrogen) atoms. The Kier molecular flexibility index (Phi) is 5.56. The van der Waals surface area contributed by atoms with Gasteiger partial charge in [-0.3, -0.25) is 4.89 Å². The molecule has 4 N–H and O–H groups in total. The maximum absolute atomic E-state index is 11.5. The van der Waals surface area contributed by atoms with Crippen molar-refractivity contribution in [3.63, 3.8) is 0 Å². The van der Waals surface area contributed by atoms with Gasteiger partial charge in [-0.2, -0.15) is 8.62 Å². The third-order valence-electron chi connectivity index (χ3n) is 2.12. The van der Waals surface area contributed by atoms with Gasteiger partial charge >= 0.3 is 23.5 Å². The molecule has 0 radical (unpaired) electrons. The lowest BCUT2D eigenvalue weighted by Crippen LogP contribution is -1.98. The van der Waals surface area contributed by atoms with E-state index >= 15 is 0 Å². The van der Waals surface area contributed by atoms with Gasteiger partial charge in [0.05, 0.1) is 0 Å². The standard InChI is InChI=1S/C8H13O10P3/c1-6-3-4-8(5-7(6)2)16-20(12,13)18-21(14,15)17-19(9,10)11/h3-5H,1-2H3,(H,12,13)(H,14,15)(H2,9,10,11). The minimum atomic E-state index is -5.50. The highest BCUT2D eigenvalue weighted by molar-refractivity contribution is 7.66. The predicted molar refractivity (Wildman–Crippen MR) is 70.4 cm³/mol. The van der Waals surface area contributed by atoms with Crippen molar-refractivity contribution in [2.45, 2.75) is 13.8 Å². The van der Waals surface area contributed by atoms with Gasteiger partial charge in [0.25, 0.3) is 0 Å². The minimum Gasteiger partial charge on any atom is -0.404 e. The fourth-order valence-electron chi connectivity index (χ4n) is 1.20. The van der Waals surface area contributed by atoms with Crippen LogP contribution in [0.2, 0.25) is 0 Å². The Morgan fingerprint density at radius 2 is 1.43 bits per heavy atom. The molecule has 0 amide bonds. The number of hydrogen-bond donors (Lipinski definition) is 4. The average Bonchev–Trinajstić information content (AvgIpc) is 2.17. The quantitative estimate of drug-likeness (QED) is 0.551. The van der Waals surface area contributed by atoms with Crippen molar-refractivity contribution < 1.29 is 46.4 Å². The SMILES string of the molecule is Cc1ccc(OP(=O)(O)OP(=O)(O)OP(=O)(O)O)cc1C. The van der Waals surface area contributed by atoms with Crippen LogP contribution in [0, 0.1) is 13.8 Å². The zero-order chi connectivity index (χ0) is 16.5. The lowest BCUT2D eigenvalue weighted by Gasteiger charge is -2.16. The molecular weight excluding hydrogens is 349 g/mol. The normalized spacial score (nSPS) is 17.8. The van der Waals surface area contributed by atoms with Crippen LogP contribution in [0.1, 0.15) is 11.1 Å². The predicted octanol–water partition coefficient (Wildman–Crippen LogP) is 2.01. The van der Waals surface area contributed by atoms with Gasteiger partial charge in [-0.25, -0.2) is 13.7 Å². The van der Waals surface area contributed by atoms with Crippen molar-refractivity contribution >= 4 is 23.5 Å². The first-order valence-electron chi connectivity index (χ1n) is 5.20. The van der Waals surface area contributed by atoms with Gasteiger partial charge in [-0.15, -0.1) is 0 Å². The zero-order valence-electron chi connectivity index (χ0n) is 10.8. The van der Waals surface area contributed by atoms with Crippen LogP contribution in [-0.4, -0.2) is 19.6 Å². The molecule has 0 aromatic heterocycles. The molecule has 0 spiro atoms. The molecule has 0 bridgehead atoms. The summed E-state index contributed by atoms with van der Waals surface area (Å²) in [5.41, 5.74) is 1.58. The van der Waals surface area contributed by atoms with E-state index in [1.54, 1.807) is 19.9 Å². The van der Waals surface area contributed by atoms with E-state index in [1.807, 2.05) is 0 Å². The molecule has 2 unspecified atom stereocenters. The molecule has 13 heteroatoms. The Bertz CT molecular complexity index is 664. The summed E-state index contributed by atoms with van der Waals surface area (Å²) >= 11 is 0. The summed E-state index contributed by atoms with van der Waals surface area (Å²) in [7, 11) is -16.0. The highest BCUT2D eigenvalue weighted by Crippen LogP contribution is 2.66. The second-order valence-corrected chi connectivity index (χ2v) is 8.27. The first-order valence-corrected chi connectivity index (χ1v) is 9.72. The minimum absolute atomic E-state index is 0.139. The molecule has 10 nitrogen and oxygen atoms in total.